The van der Waals surface area contributed by atoms with E-state index in [1.807, 2.05) is 13.8 Å². The number of anilines is 1. The summed E-state index contributed by atoms with van der Waals surface area (Å²) in [5.41, 5.74) is -0.110. The zero-order valence-corrected chi connectivity index (χ0v) is 12.7. The molecule has 0 aliphatic heterocycles. The van der Waals surface area contributed by atoms with Crippen LogP contribution >= 0.6 is 0 Å². The van der Waals surface area contributed by atoms with Crippen molar-refractivity contribution in [1.82, 2.24) is 5.32 Å². The molecule has 1 aromatic rings. The summed E-state index contributed by atoms with van der Waals surface area (Å²) in [6.07, 6.45) is 0.325. The molecule has 7 heteroatoms. The van der Waals surface area contributed by atoms with E-state index in [2.05, 4.69) is 15.4 Å². The molecule has 0 saturated heterocycles. The minimum absolute atomic E-state index is 0.110. The summed E-state index contributed by atoms with van der Waals surface area (Å²) in [4.78, 5) is 35.2. The van der Waals surface area contributed by atoms with Gasteiger partial charge in [0.15, 0.2) is 0 Å². The second kappa shape index (κ2) is 8.11. The average Bonchev–Trinajstić information content (AvgIpc) is 2.47. The zero-order chi connectivity index (χ0) is 16.7. The van der Waals surface area contributed by atoms with Gasteiger partial charge in [-0.25, -0.2) is 9.18 Å². The first kappa shape index (κ1) is 17.6. The summed E-state index contributed by atoms with van der Waals surface area (Å²) in [5.74, 6) is -3.27. The van der Waals surface area contributed by atoms with E-state index in [-0.39, 0.29) is 11.6 Å². The molecule has 1 atom stereocenters. The summed E-state index contributed by atoms with van der Waals surface area (Å²) < 4.78 is 18.0. The quantitative estimate of drug-likeness (QED) is 0.637. The molecule has 0 aliphatic carbocycles. The number of carbonyl (C=O) groups is 3. The van der Waals surface area contributed by atoms with E-state index < -0.39 is 29.6 Å². The van der Waals surface area contributed by atoms with Gasteiger partial charge in [-0.05, 0) is 24.5 Å². The first-order chi connectivity index (χ1) is 10.3. The molecule has 2 N–H and O–H groups in total. The number of para-hydroxylation sites is 1. The van der Waals surface area contributed by atoms with Gasteiger partial charge in [-0.15, -0.1) is 0 Å². The maximum absolute atomic E-state index is 13.4. The van der Waals surface area contributed by atoms with Crippen molar-refractivity contribution < 1.29 is 23.5 Å². The Balaban J connectivity index is 2.71. The Labute approximate surface area is 128 Å². The van der Waals surface area contributed by atoms with Crippen molar-refractivity contribution in [2.45, 2.75) is 26.3 Å². The van der Waals surface area contributed by atoms with Crippen LogP contribution in [0.2, 0.25) is 0 Å². The van der Waals surface area contributed by atoms with Crippen LogP contribution in [0.25, 0.3) is 0 Å². The molecule has 0 saturated carbocycles. The smallest absolute Gasteiger partial charge is 0.328 e. The van der Waals surface area contributed by atoms with Crippen LogP contribution in [0.4, 0.5) is 10.1 Å². The van der Waals surface area contributed by atoms with Gasteiger partial charge in [0.05, 0.1) is 12.8 Å². The van der Waals surface area contributed by atoms with E-state index in [0.29, 0.717) is 6.42 Å². The summed E-state index contributed by atoms with van der Waals surface area (Å²) in [7, 11) is 1.20. The van der Waals surface area contributed by atoms with Crippen LogP contribution in [-0.4, -0.2) is 30.9 Å². The SMILES string of the molecule is COC(=O)[C@H](CC(C)C)NC(=O)C(=O)Nc1ccccc1F. The van der Waals surface area contributed by atoms with E-state index in [1.54, 1.807) is 0 Å². The lowest BCUT2D eigenvalue weighted by Crippen LogP contribution is -2.46. The highest BCUT2D eigenvalue weighted by atomic mass is 19.1. The Kier molecular flexibility index (Phi) is 6.49. The topological polar surface area (TPSA) is 84.5 Å². The van der Waals surface area contributed by atoms with Gasteiger partial charge in [-0.1, -0.05) is 26.0 Å². The van der Waals surface area contributed by atoms with E-state index in [1.165, 1.54) is 25.3 Å². The third kappa shape index (κ3) is 5.16. The lowest BCUT2D eigenvalue weighted by atomic mass is 10.0. The number of ether oxygens (including phenoxy) is 1. The van der Waals surface area contributed by atoms with Crippen LogP contribution in [0, 0.1) is 11.7 Å². The highest BCUT2D eigenvalue weighted by molar-refractivity contribution is 6.40. The fourth-order valence-electron chi connectivity index (χ4n) is 1.79. The molecule has 0 radical (unpaired) electrons. The molecule has 0 unspecified atom stereocenters. The number of esters is 1. The number of halogens is 1. The number of rotatable bonds is 5. The molecule has 22 heavy (non-hydrogen) atoms. The number of nitrogens with one attached hydrogen (secondary N) is 2. The van der Waals surface area contributed by atoms with Gasteiger partial charge in [-0.2, -0.15) is 0 Å². The molecular formula is C15H19FN2O4. The van der Waals surface area contributed by atoms with Gasteiger partial charge in [0.25, 0.3) is 0 Å². The summed E-state index contributed by atoms with van der Waals surface area (Å²) in [5, 5.41) is 4.44. The molecule has 6 nitrogen and oxygen atoms in total. The van der Waals surface area contributed by atoms with Crippen molar-refractivity contribution in [2.24, 2.45) is 5.92 Å². The molecule has 0 spiro atoms. The van der Waals surface area contributed by atoms with Crippen molar-refractivity contribution in [1.29, 1.82) is 0 Å². The number of benzene rings is 1. The molecule has 1 rings (SSSR count). The summed E-state index contributed by atoms with van der Waals surface area (Å²) in [6.45, 7) is 3.73. The molecule has 2 amide bonds. The fraction of sp³-hybridized carbons (Fsp3) is 0.400. The van der Waals surface area contributed by atoms with Gasteiger partial charge in [-0.3, -0.25) is 9.59 Å². The highest BCUT2D eigenvalue weighted by Crippen LogP contribution is 2.12. The van der Waals surface area contributed by atoms with Crippen molar-refractivity contribution in [3.05, 3.63) is 30.1 Å². The summed E-state index contributed by atoms with van der Waals surface area (Å²) >= 11 is 0. The number of methoxy groups -OCH3 is 1. The van der Waals surface area contributed by atoms with Crippen LogP contribution in [0.5, 0.6) is 0 Å². The second-order valence-electron chi connectivity index (χ2n) is 5.11. The Hall–Kier alpha value is -2.44. The lowest BCUT2D eigenvalue weighted by molar-refractivity contribution is -0.146. The predicted octanol–water partition coefficient (Wildman–Crippen LogP) is 1.47. The van der Waals surface area contributed by atoms with Crippen LogP contribution in [0.15, 0.2) is 24.3 Å². The Morgan fingerprint density at radius 1 is 1.18 bits per heavy atom. The van der Waals surface area contributed by atoms with Crippen LogP contribution in [0.1, 0.15) is 20.3 Å². The van der Waals surface area contributed by atoms with Gasteiger partial charge in [0, 0.05) is 0 Å². The number of hydrogen-bond donors (Lipinski definition) is 2. The van der Waals surface area contributed by atoms with Gasteiger partial charge in [0.1, 0.15) is 11.9 Å². The van der Waals surface area contributed by atoms with Crippen LogP contribution < -0.4 is 10.6 Å². The Morgan fingerprint density at radius 2 is 1.82 bits per heavy atom. The van der Waals surface area contributed by atoms with Crippen molar-refractivity contribution in [3.63, 3.8) is 0 Å². The van der Waals surface area contributed by atoms with Crippen molar-refractivity contribution in [2.75, 3.05) is 12.4 Å². The van der Waals surface area contributed by atoms with Gasteiger partial charge in [0.2, 0.25) is 0 Å². The number of carbonyl (C=O) groups excluding carboxylic acids is 3. The predicted molar refractivity (Wildman–Crippen MR) is 78.4 cm³/mol. The monoisotopic (exact) mass is 310 g/mol. The average molecular weight is 310 g/mol. The molecule has 0 fully saturated rings. The largest absolute Gasteiger partial charge is 0.467 e. The fourth-order valence-corrected chi connectivity index (χ4v) is 1.79. The Morgan fingerprint density at radius 3 is 2.36 bits per heavy atom. The maximum atomic E-state index is 13.4. The third-order valence-corrected chi connectivity index (χ3v) is 2.83. The first-order valence-electron chi connectivity index (χ1n) is 6.79. The zero-order valence-electron chi connectivity index (χ0n) is 12.7. The van der Waals surface area contributed by atoms with Crippen molar-refractivity contribution >= 4 is 23.5 Å². The minimum Gasteiger partial charge on any atom is -0.467 e. The van der Waals surface area contributed by atoms with E-state index >= 15 is 0 Å². The van der Waals surface area contributed by atoms with Crippen LogP contribution in [0.3, 0.4) is 0 Å². The number of hydrogen-bond acceptors (Lipinski definition) is 4. The number of amides is 2. The molecule has 120 valence electrons. The first-order valence-corrected chi connectivity index (χ1v) is 6.79. The minimum atomic E-state index is -1.05. The van der Waals surface area contributed by atoms with Gasteiger partial charge >= 0.3 is 17.8 Å². The van der Waals surface area contributed by atoms with E-state index in [9.17, 15) is 18.8 Å². The standard InChI is InChI=1S/C15H19FN2O4/c1-9(2)8-12(15(21)22-3)18-14(20)13(19)17-11-7-5-4-6-10(11)16/h4-7,9,12H,8H2,1-3H3,(H,17,19)(H,18,20)/t12-/m0/s1. The Bertz CT molecular complexity index is 560. The van der Waals surface area contributed by atoms with Crippen LogP contribution in [-0.2, 0) is 19.1 Å². The molecule has 0 aliphatic rings. The van der Waals surface area contributed by atoms with Crippen molar-refractivity contribution in [3.8, 4) is 0 Å². The normalized spacial score (nSPS) is 11.7. The third-order valence-electron chi connectivity index (χ3n) is 2.83. The lowest BCUT2D eigenvalue weighted by Gasteiger charge is -2.18. The molecule has 0 heterocycles. The summed E-state index contributed by atoms with van der Waals surface area (Å²) in [6, 6.07) is 4.53. The molecule has 1 aromatic carbocycles. The molecular weight excluding hydrogens is 291 g/mol. The maximum Gasteiger partial charge on any atom is 0.328 e. The molecule has 0 aromatic heterocycles. The second-order valence-corrected chi connectivity index (χ2v) is 5.11. The van der Waals surface area contributed by atoms with E-state index in [4.69, 9.17) is 0 Å². The molecule has 0 bridgehead atoms. The van der Waals surface area contributed by atoms with Gasteiger partial charge < -0.3 is 15.4 Å². The van der Waals surface area contributed by atoms with E-state index in [0.717, 1.165) is 6.07 Å². The highest BCUT2D eigenvalue weighted by Gasteiger charge is 2.26.